The molecule has 0 atom stereocenters. The second-order valence-corrected chi connectivity index (χ2v) is 9.15. The van der Waals surface area contributed by atoms with E-state index in [4.69, 9.17) is 4.74 Å². The van der Waals surface area contributed by atoms with Crippen molar-refractivity contribution >= 4 is 33.1 Å². The lowest BCUT2D eigenvalue weighted by atomic mass is 10.2. The number of ether oxygens (including phenoxy) is 1. The van der Waals surface area contributed by atoms with Crippen LogP contribution in [0.15, 0.2) is 36.5 Å². The number of aromatic nitrogens is 3. The molecule has 0 saturated heterocycles. The van der Waals surface area contributed by atoms with Crippen LogP contribution in [0.2, 0.25) is 0 Å². The number of rotatable bonds is 8. The molecule has 1 aromatic carbocycles. The molecular weight excluding hydrogens is 418 g/mol. The fraction of sp³-hybridized carbons (Fsp3) is 0.333. The van der Waals surface area contributed by atoms with Gasteiger partial charge < -0.3 is 9.30 Å². The Labute approximate surface area is 180 Å². The molecule has 1 amide bonds. The summed E-state index contributed by atoms with van der Waals surface area (Å²) in [6.07, 6.45) is 6.73. The number of nitrogens with one attached hydrogen (secondary N) is 2. The topological polar surface area (TPSA) is 107 Å². The molecule has 2 N–H and O–H groups in total. The normalized spacial score (nSPS) is 14.4. The maximum absolute atomic E-state index is 12.2. The van der Waals surface area contributed by atoms with Gasteiger partial charge in [0.2, 0.25) is 0 Å². The molecule has 164 valence electrons. The zero-order valence-electron chi connectivity index (χ0n) is 17.6. The predicted molar refractivity (Wildman–Crippen MR) is 118 cm³/mol. The first kappa shape index (κ1) is 21.1. The minimum atomic E-state index is -3.88. The number of aryl methyl sites for hydroxylation is 2. The third-order valence-electron chi connectivity index (χ3n) is 5.26. The van der Waals surface area contributed by atoms with E-state index in [0.717, 1.165) is 35.3 Å². The maximum Gasteiger partial charge on any atom is 0.301 e. The summed E-state index contributed by atoms with van der Waals surface area (Å²) in [6.45, 7) is 2.18. The average molecular weight is 444 g/mol. The number of fused-ring (bicyclic) bond motifs is 1. The lowest BCUT2D eigenvalue weighted by molar-refractivity contribution is -0.114. The van der Waals surface area contributed by atoms with E-state index in [-0.39, 0.29) is 0 Å². The van der Waals surface area contributed by atoms with Crippen LogP contribution in [0.3, 0.4) is 0 Å². The largest absolute Gasteiger partial charge is 0.497 e. The molecule has 9 nitrogen and oxygen atoms in total. The molecule has 0 spiro atoms. The van der Waals surface area contributed by atoms with Gasteiger partial charge in [0.1, 0.15) is 11.6 Å². The highest BCUT2D eigenvalue weighted by molar-refractivity contribution is 7.88. The SMILES string of the molecule is COc1ccc2ccn(-c3c(/C=C/C(=O)NS(=O)(=O)NCC4CC4)c(C)nn3C)c2c1. The first-order valence-electron chi connectivity index (χ1n) is 9.96. The highest BCUT2D eigenvalue weighted by atomic mass is 32.2. The van der Waals surface area contributed by atoms with Crippen LogP contribution < -0.4 is 14.2 Å². The van der Waals surface area contributed by atoms with Crippen molar-refractivity contribution in [3.63, 3.8) is 0 Å². The lowest BCUT2D eigenvalue weighted by Crippen LogP contribution is -2.40. The Bertz CT molecular complexity index is 1270. The summed E-state index contributed by atoms with van der Waals surface area (Å²) in [5, 5.41) is 5.50. The number of hydrogen-bond donors (Lipinski definition) is 2. The van der Waals surface area contributed by atoms with Crippen molar-refractivity contribution in [2.24, 2.45) is 13.0 Å². The van der Waals surface area contributed by atoms with E-state index < -0.39 is 16.1 Å². The molecule has 0 aliphatic heterocycles. The minimum Gasteiger partial charge on any atom is -0.497 e. The van der Waals surface area contributed by atoms with Crippen LogP contribution in [-0.2, 0) is 22.1 Å². The van der Waals surface area contributed by atoms with E-state index in [1.165, 1.54) is 6.08 Å². The van der Waals surface area contributed by atoms with E-state index in [1.54, 1.807) is 17.9 Å². The Hall–Kier alpha value is -3.11. The molecule has 1 fully saturated rings. The van der Waals surface area contributed by atoms with Gasteiger partial charge in [0.15, 0.2) is 0 Å². The van der Waals surface area contributed by atoms with Crippen LogP contribution in [0, 0.1) is 12.8 Å². The van der Waals surface area contributed by atoms with Crippen molar-refractivity contribution in [3.8, 4) is 11.6 Å². The summed E-state index contributed by atoms with van der Waals surface area (Å²) in [7, 11) is -0.444. The Kier molecular flexibility index (Phi) is 5.59. The van der Waals surface area contributed by atoms with Crippen molar-refractivity contribution < 1.29 is 17.9 Å². The van der Waals surface area contributed by atoms with Crippen molar-refractivity contribution in [3.05, 3.63) is 47.8 Å². The van der Waals surface area contributed by atoms with Gasteiger partial charge in [-0.15, -0.1) is 0 Å². The molecule has 1 saturated carbocycles. The molecule has 0 bridgehead atoms. The van der Waals surface area contributed by atoms with Gasteiger partial charge in [0, 0.05) is 42.9 Å². The van der Waals surface area contributed by atoms with Gasteiger partial charge in [-0.1, -0.05) is 0 Å². The van der Waals surface area contributed by atoms with Gasteiger partial charge in [-0.2, -0.15) is 18.2 Å². The molecule has 4 rings (SSSR count). The maximum atomic E-state index is 12.2. The Morgan fingerprint density at radius 1 is 1.32 bits per heavy atom. The Balaban J connectivity index is 1.61. The molecule has 3 aromatic rings. The monoisotopic (exact) mass is 443 g/mol. The first-order valence-corrected chi connectivity index (χ1v) is 11.4. The zero-order chi connectivity index (χ0) is 22.2. The molecule has 2 heterocycles. The van der Waals surface area contributed by atoms with Crippen molar-refractivity contribution in [1.82, 2.24) is 23.8 Å². The van der Waals surface area contributed by atoms with Gasteiger partial charge in [-0.25, -0.2) is 4.72 Å². The number of nitrogens with zero attached hydrogens (tertiary/aromatic N) is 3. The van der Waals surface area contributed by atoms with Crippen LogP contribution >= 0.6 is 0 Å². The molecule has 2 aromatic heterocycles. The van der Waals surface area contributed by atoms with Crippen LogP contribution in [0.25, 0.3) is 22.8 Å². The van der Waals surface area contributed by atoms with Crippen molar-refractivity contribution in [2.45, 2.75) is 19.8 Å². The summed E-state index contributed by atoms with van der Waals surface area (Å²) < 4.78 is 37.5. The molecule has 31 heavy (non-hydrogen) atoms. The molecule has 0 radical (unpaired) electrons. The van der Waals surface area contributed by atoms with Crippen molar-refractivity contribution in [2.75, 3.05) is 13.7 Å². The van der Waals surface area contributed by atoms with E-state index in [1.807, 2.05) is 53.7 Å². The number of carbonyl (C=O) groups is 1. The van der Waals surface area contributed by atoms with Crippen LogP contribution in [0.4, 0.5) is 0 Å². The zero-order valence-corrected chi connectivity index (χ0v) is 18.4. The number of hydrogen-bond acceptors (Lipinski definition) is 5. The predicted octanol–water partition coefficient (Wildman–Crippen LogP) is 2.05. The molecule has 0 unspecified atom stereocenters. The molecule has 1 aliphatic carbocycles. The number of benzene rings is 1. The summed E-state index contributed by atoms with van der Waals surface area (Å²) in [6, 6.07) is 7.77. The van der Waals surface area contributed by atoms with E-state index in [0.29, 0.717) is 23.7 Å². The summed E-state index contributed by atoms with van der Waals surface area (Å²) in [5.41, 5.74) is 2.34. The lowest BCUT2D eigenvalue weighted by Gasteiger charge is -2.09. The molecular formula is C21H25N5O4S. The van der Waals surface area contributed by atoms with Crippen LogP contribution in [-0.4, -0.2) is 42.3 Å². The van der Waals surface area contributed by atoms with E-state index in [9.17, 15) is 13.2 Å². The highest BCUT2D eigenvalue weighted by Crippen LogP contribution is 2.28. The number of methoxy groups -OCH3 is 1. The van der Waals surface area contributed by atoms with Gasteiger partial charge in [-0.05, 0) is 50.0 Å². The summed E-state index contributed by atoms with van der Waals surface area (Å²) in [5.74, 6) is 1.13. The minimum absolute atomic E-state index is 0.350. The molecule has 10 heteroatoms. The summed E-state index contributed by atoms with van der Waals surface area (Å²) in [4.78, 5) is 12.2. The van der Waals surface area contributed by atoms with E-state index in [2.05, 4.69) is 9.82 Å². The first-order chi connectivity index (χ1) is 14.8. The van der Waals surface area contributed by atoms with Crippen LogP contribution in [0.1, 0.15) is 24.1 Å². The van der Waals surface area contributed by atoms with Gasteiger partial charge >= 0.3 is 10.2 Å². The smallest absolute Gasteiger partial charge is 0.301 e. The van der Waals surface area contributed by atoms with Gasteiger partial charge in [0.05, 0.1) is 18.3 Å². The number of amides is 1. The van der Waals surface area contributed by atoms with Gasteiger partial charge in [-0.3, -0.25) is 9.48 Å². The Morgan fingerprint density at radius 3 is 2.81 bits per heavy atom. The Morgan fingerprint density at radius 2 is 2.10 bits per heavy atom. The third-order valence-corrected chi connectivity index (χ3v) is 6.28. The second-order valence-electron chi connectivity index (χ2n) is 7.65. The fourth-order valence-electron chi connectivity index (χ4n) is 3.47. The summed E-state index contributed by atoms with van der Waals surface area (Å²) >= 11 is 0. The van der Waals surface area contributed by atoms with E-state index >= 15 is 0 Å². The van der Waals surface area contributed by atoms with Gasteiger partial charge in [0.25, 0.3) is 5.91 Å². The fourth-order valence-corrected chi connectivity index (χ4v) is 4.33. The average Bonchev–Trinajstić information content (AvgIpc) is 3.40. The van der Waals surface area contributed by atoms with Crippen LogP contribution in [0.5, 0.6) is 5.75 Å². The quantitative estimate of drug-likeness (QED) is 0.518. The molecule has 1 aliphatic rings. The third kappa shape index (κ3) is 4.64. The number of carbonyl (C=O) groups excluding carboxylic acids is 1. The second kappa shape index (κ2) is 8.20. The standard InChI is InChI=1S/C21H25N5O4S/c1-14-18(8-9-20(27)24-31(28,29)22-13-15-4-5-15)21(25(2)23-14)26-11-10-16-6-7-17(30-3)12-19(16)26/h6-12,15,22H,4-5,13H2,1-3H3,(H,24,27)/b9-8+. The highest BCUT2D eigenvalue weighted by Gasteiger charge is 2.24. The van der Waals surface area contributed by atoms with Crippen molar-refractivity contribution in [1.29, 1.82) is 0 Å².